The lowest BCUT2D eigenvalue weighted by Crippen LogP contribution is -2.39. The van der Waals surface area contributed by atoms with E-state index in [4.69, 9.17) is 4.74 Å². The van der Waals surface area contributed by atoms with Crippen molar-refractivity contribution in [1.29, 1.82) is 0 Å². The molecule has 2 heterocycles. The Kier molecular flexibility index (Phi) is 3.72. The monoisotopic (exact) mass is 185 g/mol. The van der Waals surface area contributed by atoms with Crippen LogP contribution in [-0.4, -0.2) is 25.7 Å². The summed E-state index contributed by atoms with van der Waals surface area (Å²) in [6, 6.07) is 0. The van der Waals surface area contributed by atoms with E-state index in [2.05, 4.69) is 5.32 Å². The molecule has 0 aromatic rings. The minimum Gasteiger partial charge on any atom is -0.465 e. The SMILES string of the molecule is CC.O=C1OCCC12CCNCC2. The zero-order valence-corrected chi connectivity index (χ0v) is 8.56. The molecule has 0 atom stereocenters. The van der Waals surface area contributed by atoms with E-state index < -0.39 is 0 Å². The number of ether oxygens (including phenoxy) is 1. The summed E-state index contributed by atoms with van der Waals surface area (Å²) in [5, 5.41) is 3.25. The molecule has 0 aromatic carbocycles. The standard InChI is InChI=1S/C8H13NO2.C2H6/c10-7-8(3-6-11-7)1-4-9-5-2-8;1-2/h9H,1-6H2;1-2H3. The Hall–Kier alpha value is -0.570. The van der Waals surface area contributed by atoms with Crippen LogP contribution in [0.1, 0.15) is 33.1 Å². The van der Waals surface area contributed by atoms with Crippen molar-refractivity contribution in [3.8, 4) is 0 Å². The molecule has 2 rings (SSSR count). The van der Waals surface area contributed by atoms with E-state index in [-0.39, 0.29) is 11.4 Å². The molecule has 0 aromatic heterocycles. The molecular weight excluding hydrogens is 166 g/mol. The smallest absolute Gasteiger partial charge is 0.312 e. The number of hydrogen-bond donors (Lipinski definition) is 1. The van der Waals surface area contributed by atoms with Gasteiger partial charge in [0.05, 0.1) is 12.0 Å². The normalized spacial score (nSPS) is 24.9. The summed E-state index contributed by atoms with van der Waals surface area (Å²) in [7, 11) is 0. The molecule has 2 fully saturated rings. The fraction of sp³-hybridized carbons (Fsp3) is 0.900. The first kappa shape index (κ1) is 10.5. The fourth-order valence-corrected chi connectivity index (χ4v) is 1.95. The van der Waals surface area contributed by atoms with Crippen LogP contribution in [0.3, 0.4) is 0 Å². The Morgan fingerprint density at radius 2 is 1.85 bits per heavy atom. The molecule has 2 aliphatic rings. The minimum atomic E-state index is -0.0920. The molecule has 0 saturated carbocycles. The van der Waals surface area contributed by atoms with Gasteiger partial charge in [-0.2, -0.15) is 0 Å². The minimum absolute atomic E-state index is 0.0407. The Morgan fingerprint density at radius 1 is 1.23 bits per heavy atom. The number of cyclic esters (lactones) is 1. The van der Waals surface area contributed by atoms with Gasteiger partial charge < -0.3 is 10.1 Å². The van der Waals surface area contributed by atoms with Crippen LogP contribution >= 0.6 is 0 Å². The predicted molar refractivity (Wildman–Crippen MR) is 51.5 cm³/mol. The zero-order valence-electron chi connectivity index (χ0n) is 8.56. The van der Waals surface area contributed by atoms with E-state index >= 15 is 0 Å². The largest absolute Gasteiger partial charge is 0.465 e. The van der Waals surface area contributed by atoms with Gasteiger partial charge in [-0.15, -0.1) is 0 Å². The highest BCUT2D eigenvalue weighted by Crippen LogP contribution is 2.38. The second kappa shape index (κ2) is 4.61. The van der Waals surface area contributed by atoms with E-state index in [1.807, 2.05) is 13.8 Å². The topological polar surface area (TPSA) is 38.3 Å². The van der Waals surface area contributed by atoms with Crippen LogP contribution in [0.25, 0.3) is 0 Å². The van der Waals surface area contributed by atoms with E-state index in [0.717, 1.165) is 32.4 Å². The van der Waals surface area contributed by atoms with Gasteiger partial charge in [-0.3, -0.25) is 4.79 Å². The van der Waals surface area contributed by atoms with E-state index in [1.165, 1.54) is 0 Å². The molecule has 0 bridgehead atoms. The summed E-state index contributed by atoms with van der Waals surface area (Å²) in [5.74, 6) is 0.0407. The lowest BCUT2D eigenvalue weighted by atomic mass is 9.78. The average molecular weight is 185 g/mol. The zero-order chi connectivity index (χ0) is 9.73. The third-order valence-corrected chi connectivity index (χ3v) is 2.81. The van der Waals surface area contributed by atoms with E-state index in [1.54, 1.807) is 0 Å². The van der Waals surface area contributed by atoms with Crippen LogP contribution in [-0.2, 0) is 9.53 Å². The average Bonchev–Trinajstić information content (AvgIpc) is 2.53. The third-order valence-electron chi connectivity index (χ3n) is 2.81. The maximum absolute atomic E-state index is 11.3. The molecule has 0 unspecified atom stereocenters. The van der Waals surface area contributed by atoms with E-state index in [9.17, 15) is 4.79 Å². The quantitative estimate of drug-likeness (QED) is 0.579. The molecule has 1 spiro atoms. The Balaban J connectivity index is 0.000000396. The van der Waals surface area contributed by atoms with Crippen LogP contribution in [0.15, 0.2) is 0 Å². The molecule has 0 radical (unpaired) electrons. The summed E-state index contributed by atoms with van der Waals surface area (Å²) in [6.45, 7) is 6.57. The van der Waals surface area contributed by atoms with Gasteiger partial charge in [0, 0.05) is 0 Å². The molecule has 2 aliphatic heterocycles. The number of hydrogen-bond acceptors (Lipinski definition) is 3. The first-order chi connectivity index (χ1) is 6.33. The lowest BCUT2D eigenvalue weighted by Gasteiger charge is -2.29. The maximum atomic E-state index is 11.3. The van der Waals surface area contributed by atoms with E-state index in [0.29, 0.717) is 6.61 Å². The summed E-state index contributed by atoms with van der Waals surface area (Å²) in [4.78, 5) is 11.3. The number of esters is 1. The third kappa shape index (κ3) is 2.02. The predicted octanol–water partition coefficient (Wildman–Crippen LogP) is 1.33. The fourth-order valence-electron chi connectivity index (χ4n) is 1.95. The van der Waals surface area contributed by atoms with Crippen molar-refractivity contribution in [1.82, 2.24) is 5.32 Å². The Morgan fingerprint density at radius 3 is 2.31 bits per heavy atom. The number of nitrogens with one attached hydrogen (secondary N) is 1. The van der Waals surface area contributed by atoms with Gasteiger partial charge in [-0.05, 0) is 32.4 Å². The van der Waals surface area contributed by atoms with Crippen molar-refractivity contribution in [2.24, 2.45) is 5.41 Å². The molecule has 13 heavy (non-hydrogen) atoms. The molecule has 3 heteroatoms. The van der Waals surface area contributed by atoms with Gasteiger partial charge in [0.15, 0.2) is 0 Å². The lowest BCUT2D eigenvalue weighted by molar-refractivity contribution is -0.147. The van der Waals surface area contributed by atoms with Crippen molar-refractivity contribution in [2.45, 2.75) is 33.1 Å². The van der Waals surface area contributed by atoms with Crippen molar-refractivity contribution in [2.75, 3.05) is 19.7 Å². The molecule has 3 nitrogen and oxygen atoms in total. The van der Waals surface area contributed by atoms with Crippen LogP contribution in [0, 0.1) is 5.41 Å². The summed E-state index contributed by atoms with van der Waals surface area (Å²) >= 11 is 0. The van der Waals surface area contributed by atoms with Crippen molar-refractivity contribution >= 4 is 5.97 Å². The molecule has 76 valence electrons. The van der Waals surface area contributed by atoms with Gasteiger partial charge in [-0.25, -0.2) is 0 Å². The number of piperidine rings is 1. The van der Waals surface area contributed by atoms with Crippen molar-refractivity contribution < 1.29 is 9.53 Å². The molecule has 0 aliphatic carbocycles. The molecule has 1 N–H and O–H groups in total. The summed E-state index contributed by atoms with van der Waals surface area (Å²) in [5.41, 5.74) is -0.0920. The number of carbonyl (C=O) groups excluding carboxylic acids is 1. The molecule has 0 amide bonds. The first-order valence-corrected chi connectivity index (χ1v) is 5.21. The van der Waals surface area contributed by atoms with Crippen LogP contribution < -0.4 is 5.32 Å². The van der Waals surface area contributed by atoms with Crippen LogP contribution in [0.4, 0.5) is 0 Å². The van der Waals surface area contributed by atoms with Crippen LogP contribution in [0.2, 0.25) is 0 Å². The van der Waals surface area contributed by atoms with Gasteiger partial charge in [-0.1, -0.05) is 13.8 Å². The summed E-state index contributed by atoms with van der Waals surface area (Å²) < 4.78 is 4.98. The van der Waals surface area contributed by atoms with Gasteiger partial charge in [0.1, 0.15) is 0 Å². The Labute approximate surface area is 79.8 Å². The van der Waals surface area contributed by atoms with Gasteiger partial charge >= 0.3 is 5.97 Å². The molecular formula is C10H19NO2. The number of rotatable bonds is 0. The second-order valence-electron chi connectivity index (χ2n) is 3.42. The van der Waals surface area contributed by atoms with Crippen LogP contribution in [0.5, 0.6) is 0 Å². The Bertz CT molecular complexity index is 174. The first-order valence-electron chi connectivity index (χ1n) is 5.21. The van der Waals surface area contributed by atoms with Gasteiger partial charge in [0.2, 0.25) is 0 Å². The van der Waals surface area contributed by atoms with Gasteiger partial charge in [0.25, 0.3) is 0 Å². The molecule has 2 saturated heterocycles. The van der Waals surface area contributed by atoms with Crippen molar-refractivity contribution in [3.05, 3.63) is 0 Å². The highest BCUT2D eigenvalue weighted by molar-refractivity contribution is 5.78. The maximum Gasteiger partial charge on any atom is 0.312 e. The summed E-state index contributed by atoms with van der Waals surface area (Å²) in [6.07, 6.45) is 2.87. The second-order valence-corrected chi connectivity index (χ2v) is 3.42. The highest BCUT2D eigenvalue weighted by Gasteiger charge is 2.44. The number of carbonyl (C=O) groups is 1. The highest BCUT2D eigenvalue weighted by atomic mass is 16.5. The van der Waals surface area contributed by atoms with Crippen molar-refractivity contribution in [3.63, 3.8) is 0 Å².